The van der Waals surface area contributed by atoms with Crippen molar-refractivity contribution in [2.45, 2.75) is 85.4 Å². The number of Topliss-reactive ketones (excluding diaryl/α,β-unsaturated/α-hetero) is 1. The van der Waals surface area contributed by atoms with Crippen LogP contribution in [0.5, 0.6) is 0 Å². The number of benzene rings is 1. The molecule has 0 N–H and O–H groups in total. The van der Waals surface area contributed by atoms with Crippen molar-refractivity contribution in [2.75, 3.05) is 6.61 Å². The van der Waals surface area contributed by atoms with Gasteiger partial charge in [-0.1, -0.05) is 37.5 Å². The van der Waals surface area contributed by atoms with Crippen molar-refractivity contribution >= 4 is 17.7 Å². The lowest BCUT2D eigenvalue weighted by molar-refractivity contribution is 0.0485. The average Bonchev–Trinajstić information content (AvgIpc) is 3.09. The van der Waals surface area contributed by atoms with E-state index in [9.17, 15) is 14.4 Å². The van der Waals surface area contributed by atoms with Crippen LogP contribution in [-0.2, 0) is 11.3 Å². The molecule has 0 spiro atoms. The van der Waals surface area contributed by atoms with E-state index in [0.717, 1.165) is 37.8 Å². The van der Waals surface area contributed by atoms with Gasteiger partial charge in [0.1, 0.15) is 5.69 Å². The first-order valence-electron chi connectivity index (χ1n) is 12.1. The van der Waals surface area contributed by atoms with E-state index in [1.165, 1.54) is 0 Å². The van der Waals surface area contributed by atoms with Crippen molar-refractivity contribution in [3.63, 3.8) is 0 Å². The van der Waals surface area contributed by atoms with Gasteiger partial charge in [0, 0.05) is 29.4 Å². The summed E-state index contributed by atoms with van der Waals surface area (Å²) in [5.41, 5.74) is 2.90. The van der Waals surface area contributed by atoms with Crippen LogP contribution in [-0.4, -0.2) is 45.8 Å². The van der Waals surface area contributed by atoms with Gasteiger partial charge in [-0.25, -0.2) is 4.79 Å². The molecule has 1 aliphatic carbocycles. The lowest BCUT2D eigenvalue weighted by atomic mass is 9.90. The summed E-state index contributed by atoms with van der Waals surface area (Å²) in [6.07, 6.45) is 5.08. The highest BCUT2D eigenvalue weighted by Gasteiger charge is 2.36. The van der Waals surface area contributed by atoms with E-state index in [2.05, 4.69) is 0 Å². The number of carbonyl (C=O) groups excluding carboxylic acids is 3. The lowest BCUT2D eigenvalue weighted by Crippen LogP contribution is -2.50. The molecule has 6 nitrogen and oxygen atoms in total. The highest BCUT2D eigenvalue weighted by molar-refractivity contribution is 6.07. The van der Waals surface area contributed by atoms with E-state index in [4.69, 9.17) is 4.74 Å². The molecule has 1 atom stereocenters. The van der Waals surface area contributed by atoms with Crippen LogP contribution >= 0.6 is 0 Å². The number of ketones is 1. The van der Waals surface area contributed by atoms with E-state index in [0.29, 0.717) is 28.9 Å². The summed E-state index contributed by atoms with van der Waals surface area (Å²) < 4.78 is 7.11. The van der Waals surface area contributed by atoms with Crippen molar-refractivity contribution in [3.05, 3.63) is 58.4 Å². The maximum absolute atomic E-state index is 13.9. The Morgan fingerprint density at radius 1 is 1.06 bits per heavy atom. The monoisotopic (exact) mass is 452 g/mol. The van der Waals surface area contributed by atoms with Crippen LogP contribution < -0.4 is 0 Å². The van der Waals surface area contributed by atoms with Gasteiger partial charge < -0.3 is 14.2 Å². The SMILES string of the molecule is CCOC(=O)c1c(C)c(C(=O)C(C)N(C(=O)c2ccccc2)C2CCCCC2)c(C)n1CC. The molecule has 1 fully saturated rings. The van der Waals surface area contributed by atoms with Crippen LogP contribution in [0.3, 0.4) is 0 Å². The summed E-state index contributed by atoms with van der Waals surface area (Å²) in [6, 6.07) is 8.58. The van der Waals surface area contributed by atoms with Crippen molar-refractivity contribution in [2.24, 2.45) is 0 Å². The Morgan fingerprint density at radius 3 is 2.27 bits per heavy atom. The van der Waals surface area contributed by atoms with Crippen LogP contribution in [0.25, 0.3) is 0 Å². The lowest BCUT2D eigenvalue weighted by Gasteiger charge is -2.38. The molecule has 0 radical (unpaired) electrons. The Balaban J connectivity index is 2.03. The molecule has 1 aromatic carbocycles. The fourth-order valence-corrected chi connectivity index (χ4v) is 5.20. The third-order valence-electron chi connectivity index (χ3n) is 6.82. The molecule has 1 amide bonds. The summed E-state index contributed by atoms with van der Waals surface area (Å²) in [5.74, 6) is -0.659. The van der Waals surface area contributed by atoms with Gasteiger partial charge in [-0.15, -0.1) is 0 Å². The number of aromatic nitrogens is 1. The van der Waals surface area contributed by atoms with E-state index in [1.807, 2.05) is 43.5 Å². The molecule has 33 heavy (non-hydrogen) atoms. The molecule has 1 aromatic heterocycles. The number of esters is 1. The fraction of sp³-hybridized carbons (Fsp3) is 0.519. The van der Waals surface area contributed by atoms with Gasteiger partial charge in [-0.2, -0.15) is 0 Å². The first-order valence-corrected chi connectivity index (χ1v) is 12.1. The van der Waals surface area contributed by atoms with Gasteiger partial charge in [0.2, 0.25) is 0 Å². The number of amides is 1. The van der Waals surface area contributed by atoms with E-state index in [1.54, 1.807) is 30.9 Å². The van der Waals surface area contributed by atoms with E-state index >= 15 is 0 Å². The van der Waals surface area contributed by atoms with Crippen LogP contribution in [0.15, 0.2) is 30.3 Å². The second-order valence-electron chi connectivity index (χ2n) is 8.81. The van der Waals surface area contributed by atoms with E-state index in [-0.39, 0.29) is 24.3 Å². The minimum absolute atomic E-state index is 0.0313. The highest BCUT2D eigenvalue weighted by atomic mass is 16.5. The zero-order chi connectivity index (χ0) is 24.1. The number of ether oxygens (including phenoxy) is 1. The molecule has 1 aliphatic rings. The smallest absolute Gasteiger partial charge is 0.355 e. The number of hydrogen-bond acceptors (Lipinski definition) is 4. The Morgan fingerprint density at radius 2 is 1.70 bits per heavy atom. The zero-order valence-corrected chi connectivity index (χ0v) is 20.5. The Labute approximate surface area is 196 Å². The number of carbonyl (C=O) groups is 3. The molecule has 1 heterocycles. The quantitative estimate of drug-likeness (QED) is 0.400. The first kappa shape index (κ1) is 24.7. The third kappa shape index (κ3) is 4.90. The maximum atomic E-state index is 13.9. The van der Waals surface area contributed by atoms with Crippen molar-refractivity contribution in [3.8, 4) is 0 Å². The molecule has 1 unspecified atom stereocenters. The van der Waals surface area contributed by atoms with Crippen LogP contribution in [0, 0.1) is 13.8 Å². The normalized spacial score (nSPS) is 15.2. The van der Waals surface area contributed by atoms with Crippen LogP contribution in [0.1, 0.15) is 95.3 Å². The van der Waals surface area contributed by atoms with Crippen molar-refractivity contribution < 1.29 is 19.1 Å². The van der Waals surface area contributed by atoms with Gasteiger partial charge in [-0.05, 0) is 65.2 Å². The first-order chi connectivity index (χ1) is 15.8. The van der Waals surface area contributed by atoms with E-state index < -0.39 is 12.0 Å². The third-order valence-corrected chi connectivity index (χ3v) is 6.82. The van der Waals surface area contributed by atoms with Gasteiger partial charge >= 0.3 is 5.97 Å². The molecular weight excluding hydrogens is 416 g/mol. The molecule has 0 aliphatic heterocycles. The standard InChI is InChI=1S/C27H36N2O4/c1-6-28-19(4)23(18(3)24(28)27(32)33-7-2)25(30)20(5)29(22-16-12-9-13-17-22)26(31)21-14-10-8-11-15-21/h8,10-11,14-15,20,22H,6-7,9,12-13,16-17H2,1-5H3. The fourth-order valence-electron chi connectivity index (χ4n) is 5.20. The van der Waals surface area contributed by atoms with Crippen molar-refractivity contribution in [1.82, 2.24) is 9.47 Å². The molecular formula is C27H36N2O4. The Hall–Kier alpha value is -2.89. The highest BCUT2D eigenvalue weighted by Crippen LogP contribution is 2.30. The van der Waals surface area contributed by atoms with Crippen molar-refractivity contribution in [1.29, 1.82) is 0 Å². The van der Waals surface area contributed by atoms with Gasteiger partial charge in [0.25, 0.3) is 5.91 Å². The molecule has 0 saturated heterocycles. The summed E-state index contributed by atoms with van der Waals surface area (Å²) in [7, 11) is 0. The van der Waals surface area contributed by atoms with Gasteiger partial charge in [-0.3, -0.25) is 9.59 Å². The average molecular weight is 453 g/mol. The topological polar surface area (TPSA) is 68.6 Å². The molecule has 0 bridgehead atoms. The number of nitrogens with zero attached hydrogens (tertiary/aromatic N) is 2. The zero-order valence-electron chi connectivity index (χ0n) is 20.5. The number of hydrogen-bond donors (Lipinski definition) is 0. The van der Waals surface area contributed by atoms with Gasteiger partial charge in [0.15, 0.2) is 5.78 Å². The molecule has 1 saturated carbocycles. The van der Waals surface area contributed by atoms with Crippen LogP contribution in [0.4, 0.5) is 0 Å². The summed E-state index contributed by atoms with van der Waals surface area (Å²) in [6.45, 7) is 10.0. The van der Waals surface area contributed by atoms with Gasteiger partial charge in [0.05, 0.1) is 12.6 Å². The Kier molecular flexibility index (Phi) is 8.11. The minimum atomic E-state index is -0.638. The minimum Gasteiger partial charge on any atom is -0.461 e. The molecule has 3 rings (SSSR count). The maximum Gasteiger partial charge on any atom is 0.355 e. The summed E-state index contributed by atoms with van der Waals surface area (Å²) in [5, 5.41) is 0. The predicted molar refractivity (Wildman–Crippen MR) is 129 cm³/mol. The second-order valence-corrected chi connectivity index (χ2v) is 8.81. The number of rotatable bonds is 8. The summed E-state index contributed by atoms with van der Waals surface area (Å²) >= 11 is 0. The molecule has 6 heteroatoms. The van der Waals surface area contributed by atoms with Crippen LogP contribution in [0.2, 0.25) is 0 Å². The Bertz CT molecular complexity index is 1000. The second kappa shape index (κ2) is 10.8. The molecule has 2 aromatic rings. The molecule has 178 valence electrons. The largest absolute Gasteiger partial charge is 0.461 e. The summed E-state index contributed by atoms with van der Waals surface area (Å²) in [4.78, 5) is 42.0. The predicted octanol–water partition coefficient (Wildman–Crippen LogP) is 5.35.